The van der Waals surface area contributed by atoms with Gasteiger partial charge in [0.1, 0.15) is 0 Å². The van der Waals surface area contributed by atoms with E-state index in [4.69, 9.17) is 9.94 Å². The van der Waals surface area contributed by atoms with E-state index < -0.39 is 42.5 Å². The van der Waals surface area contributed by atoms with Crippen LogP contribution < -0.4 is 0 Å². The Labute approximate surface area is 129 Å². The highest BCUT2D eigenvalue weighted by molar-refractivity contribution is 5.86. The second-order valence-electron chi connectivity index (χ2n) is 4.78. The molecule has 0 saturated carbocycles. The minimum absolute atomic E-state index is 0.165. The zero-order chi connectivity index (χ0) is 17.3. The van der Waals surface area contributed by atoms with Gasteiger partial charge in [0, 0.05) is 13.1 Å². The number of ether oxygens (including phenoxy) is 1. The molecule has 0 aromatic carbocycles. The largest absolute Gasteiger partial charge is 0.481 e. The van der Waals surface area contributed by atoms with E-state index >= 15 is 0 Å². The first-order chi connectivity index (χ1) is 10.3. The van der Waals surface area contributed by atoms with Crippen molar-refractivity contribution < 1.29 is 34.2 Å². The van der Waals surface area contributed by atoms with Crippen molar-refractivity contribution in [2.24, 2.45) is 17.8 Å². The smallest absolute Gasteiger partial charge is 0.328 e. The molecule has 0 aliphatic rings. The summed E-state index contributed by atoms with van der Waals surface area (Å²) in [6.45, 7) is 6.71. The van der Waals surface area contributed by atoms with E-state index in [0.717, 1.165) is 0 Å². The molecule has 0 saturated heterocycles. The topological polar surface area (TPSA) is 113 Å². The molecule has 0 spiro atoms. The van der Waals surface area contributed by atoms with Gasteiger partial charge in [0.15, 0.2) is 6.79 Å². The SMILES string of the molecule is CCC(C(=O)OCO)C(C(=O)O)C(C)C(=O)ON(CC)CC. The van der Waals surface area contributed by atoms with E-state index in [1.807, 2.05) is 0 Å². The second-order valence-corrected chi connectivity index (χ2v) is 4.78. The zero-order valence-corrected chi connectivity index (χ0v) is 13.4. The van der Waals surface area contributed by atoms with Crippen LogP contribution in [0, 0.1) is 17.8 Å². The van der Waals surface area contributed by atoms with E-state index in [-0.39, 0.29) is 6.42 Å². The number of carbonyl (C=O) groups excluding carboxylic acids is 2. The highest BCUT2D eigenvalue weighted by Gasteiger charge is 2.41. The van der Waals surface area contributed by atoms with Gasteiger partial charge in [-0.15, -0.1) is 5.06 Å². The number of hydrogen-bond donors (Lipinski definition) is 2. The number of carbonyl (C=O) groups is 3. The second kappa shape index (κ2) is 10.1. The third-order valence-electron chi connectivity index (χ3n) is 3.50. The van der Waals surface area contributed by atoms with Gasteiger partial charge in [0.25, 0.3) is 0 Å². The van der Waals surface area contributed by atoms with Crippen molar-refractivity contribution in [3.05, 3.63) is 0 Å². The Morgan fingerprint density at radius 3 is 2.00 bits per heavy atom. The Morgan fingerprint density at radius 2 is 1.64 bits per heavy atom. The summed E-state index contributed by atoms with van der Waals surface area (Å²) in [5, 5.41) is 19.4. The monoisotopic (exact) mass is 319 g/mol. The molecule has 0 amide bonds. The van der Waals surface area contributed by atoms with Gasteiger partial charge in [-0.2, -0.15) is 0 Å². The summed E-state index contributed by atoms with van der Waals surface area (Å²) in [6, 6.07) is 0. The van der Waals surface area contributed by atoms with Gasteiger partial charge in [0.2, 0.25) is 0 Å². The van der Waals surface area contributed by atoms with Gasteiger partial charge in [-0.3, -0.25) is 14.4 Å². The molecule has 0 aromatic rings. The molecule has 8 nitrogen and oxygen atoms in total. The predicted molar refractivity (Wildman–Crippen MR) is 76.3 cm³/mol. The Kier molecular flexibility index (Phi) is 9.35. The molecule has 0 rings (SSSR count). The maximum Gasteiger partial charge on any atom is 0.328 e. The maximum absolute atomic E-state index is 12.1. The molecule has 3 atom stereocenters. The third kappa shape index (κ3) is 5.61. The lowest BCUT2D eigenvalue weighted by atomic mass is 9.81. The zero-order valence-electron chi connectivity index (χ0n) is 13.4. The van der Waals surface area contributed by atoms with Crippen molar-refractivity contribution in [2.75, 3.05) is 19.9 Å². The number of aliphatic carboxylic acids is 1. The Morgan fingerprint density at radius 1 is 1.09 bits per heavy atom. The molecule has 0 heterocycles. The van der Waals surface area contributed by atoms with E-state index in [1.165, 1.54) is 12.0 Å². The van der Waals surface area contributed by atoms with Crippen LogP contribution in [-0.4, -0.2) is 53.1 Å². The highest BCUT2D eigenvalue weighted by atomic mass is 16.7. The molecule has 0 aliphatic carbocycles. The summed E-state index contributed by atoms with van der Waals surface area (Å²) in [4.78, 5) is 40.5. The molecule has 8 heteroatoms. The first-order valence-electron chi connectivity index (χ1n) is 7.30. The minimum atomic E-state index is -1.29. The van der Waals surface area contributed by atoms with Gasteiger partial charge < -0.3 is 19.8 Å². The molecule has 0 bridgehead atoms. The minimum Gasteiger partial charge on any atom is -0.481 e. The van der Waals surface area contributed by atoms with E-state index in [2.05, 4.69) is 4.74 Å². The van der Waals surface area contributed by atoms with Crippen LogP contribution in [0.15, 0.2) is 0 Å². The summed E-state index contributed by atoms with van der Waals surface area (Å²) in [5.41, 5.74) is 0. The van der Waals surface area contributed by atoms with Gasteiger partial charge in [-0.1, -0.05) is 13.8 Å². The van der Waals surface area contributed by atoms with Gasteiger partial charge >= 0.3 is 17.9 Å². The molecular formula is C14H25NO7. The summed E-state index contributed by atoms with van der Waals surface area (Å²) < 4.78 is 4.47. The number of rotatable bonds is 10. The molecule has 0 aliphatic heterocycles. The lowest BCUT2D eigenvalue weighted by molar-refractivity contribution is -0.198. The highest BCUT2D eigenvalue weighted by Crippen LogP contribution is 2.27. The molecule has 3 unspecified atom stereocenters. The quantitative estimate of drug-likeness (QED) is 0.343. The summed E-state index contributed by atoms with van der Waals surface area (Å²) in [6.07, 6.45) is 0.165. The van der Waals surface area contributed by atoms with Crippen LogP contribution in [0.5, 0.6) is 0 Å². The molecule has 0 radical (unpaired) electrons. The molecule has 22 heavy (non-hydrogen) atoms. The van der Waals surface area contributed by atoms with Crippen LogP contribution in [0.25, 0.3) is 0 Å². The molecule has 2 N–H and O–H groups in total. The number of hydrogen-bond acceptors (Lipinski definition) is 7. The maximum atomic E-state index is 12.1. The molecule has 0 aromatic heterocycles. The summed E-state index contributed by atoms with van der Waals surface area (Å²) in [7, 11) is 0. The van der Waals surface area contributed by atoms with Crippen molar-refractivity contribution >= 4 is 17.9 Å². The number of aliphatic hydroxyl groups is 1. The Hall–Kier alpha value is -1.67. The Bertz CT molecular complexity index is 381. The van der Waals surface area contributed by atoms with E-state index in [9.17, 15) is 19.5 Å². The number of hydroxylamine groups is 2. The number of nitrogens with zero attached hydrogens (tertiary/aromatic N) is 1. The van der Waals surface area contributed by atoms with Gasteiger partial charge in [-0.25, -0.2) is 0 Å². The lowest BCUT2D eigenvalue weighted by Crippen LogP contribution is -2.41. The first kappa shape index (κ1) is 20.3. The van der Waals surface area contributed by atoms with Crippen LogP contribution in [0.1, 0.15) is 34.1 Å². The fourth-order valence-electron chi connectivity index (χ4n) is 2.18. The van der Waals surface area contributed by atoms with Crippen molar-refractivity contribution in [3.8, 4) is 0 Å². The van der Waals surface area contributed by atoms with Crippen LogP contribution in [0.2, 0.25) is 0 Å². The molecule has 0 fully saturated rings. The number of carboxylic acids is 1. The number of carboxylic acid groups (broad SMARTS) is 1. The van der Waals surface area contributed by atoms with Crippen molar-refractivity contribution in [1.82, 2.24) is 5.06 Å². The standard InChI is InChI=1S/C14H25NO7/c1-5-10(14(20)21-8-16)11(12(17)18)9(4)13(19)22-15(6-2)7-3/h9-11,16H,5-8H2,1-4H3,(H,17,18). The van der Waals surface area contributed by atoms with Gasteiger partial charge in [0.05, 0.1) is 17.8 Å². The average molecular weight is 319 g/mol. The van der Waals surface area contributed by atoms with Crippen molar-refractivity contribution in [3.63, 3.8) is 0 Å². The molecule has 128 valence electrons. The average Bonchev–Trinajstić information content (AvgIpc) is 2.48. The predicted octanol–water partition coefficient (Wildman–Crippen LogP) is 0.642. The number of esters is 1. The molecular weight excluding hydrogens is 294 g/mol. The number of aliphatic hydroxyl groups excluding tert-OH is 1. The van der Waals surface area contributed by atoms with E-state index in [0.29, 0.717) is 13.1 Å². The fourth-order valence-corrected chi connectivity index (χ4v) is 2.18. The lowest BCUT2D eigenvalue weighted by Gasteiger charge is -2.27. The van der Waals surface area contributed by atoms with Crippen LogP contribution in [0.4, 0.5) is 0 Å². The van der Waals surface area contributed by atoms with Crippen LogP contribution in [-0.2, 0) is 24.0 Å². The van der Waals surface area contributed by atoms with Crippen molar-refractivity contribution in [1.29, 1.82) is 0 Å². The first-order valence-corrected chi connectivity index (χ1v) is 7.30. The summed E-state index contributed by atoms with van der Waals surface area (Å²) >= 11 is 0. The van der Waals surface area contributed by atoms with Crippen LogP contribution >= 0.6 is 0 Å². The third-order valence-corrected chi connectivity index (χ3v) is 3.50. The summed E-state index contributed by atoms with van der Waals surface area (Å²) in [5.74, 6) is -6.21. The van der Waals surface area contributed by atoms with Crippen LogP contribution in [0.3, 0.4) is 0 Å². The van der Waals surface area contributed by atoms with E-state index in [1.54, 1.807) is 20.8 Å². The Balaban J connectivity index is 5.17. The van der Waals surface area contributed by atoms with Gasteiger partial charge in [-0.05, 0) is 20.3 Å². The van der Waals surface area contributed by atoms with Crippen molar-refractivity contribution in [2.45, 2.75) is 34.1 Å². The normalized spacial score (nSPS) is 15.0. The fraction of sp³-hybridized carbons (Fsp3) is 0.786.